The molecule has 5 rings (SSSR count). The highest BCUT2D eigenvalue weighted by Gasteiger charge is 2.19. The number of rotatable bonds is 8. The summed E-state index contributed by atoms with van der Waals surface area (Å²) in [7, 11) is 3.18. The largest absolute Gasteiger partial charge is 0.355 e. The van der Waals surface area contributed by atoms with Gasteiger partial charge in [-0.3, -0.25) is 19.0 Å². The maximum atomic E-state index is 14.0. The van der Waals surface area contributed by atoms with Gasteiger partial charge in [0.1, 0.15) is 29.0 Å². The molecule has 43 heavy (non-hydrogen) atoms. The van der Waals surface area contributed by atoms with E-state index in [0.29, 0.717) is 28.5 Å². The van der Waals surface area contributed by atoms with E-state index in [1.54, 1.807) is 57.3 Å². The van der Waals surface area contributed by atoms with E-state index < -0.39 is 17.5 Å². The normalized spacial score (nSPS) is 11.9. The third-order valence-electron chi connectivity index (χ3n) is 7.15. The second kappa shape index (κ2) is 11.9. The van der Waals surface area contributed by atoms with Crippen LogP contribution in [0, 0.1) is 19.7 Å². The first kappa shape index (κ1) is 29.3. The van der Waals surface area contributed by atoms with Gasteiger partial charge in [-0.1, -0.05) is 12.1 Å². The maximum absolute atomic E-state index is 14.0. The van der Waals surface area contributed by atoms with E-state index in [0.717, 1.165) is 16.5 Å². The highest BCUT2D eigenvalue weighted by Crippen LogP contribution is 2.25. The van der Waals surface area contributed by atoms with Gasteiger partial charge in [0.25, 0.3) is 11.5 Å². The van der Waals surface area contributed by atoms with E-state index in [-0.39, 0.29) is 29.8 Å². The zero-order valence-electron chi connectivity index (χ0n) is 24.4. The summed E-state index contributed by atoms with van der Waals surface area (Å²) in [6, 6.07) is 12.5. The van der Waals surface area contributed by atoms with Gasteiger partial charge in [0.05, 0.1) is 30.0 Å². The van der Waals surface area contributed by atoms with Crippen molar-refractivity contribution in [3.8, 4) is 17.2 Å². The van der Waals surface area contributed by atoms with Gasteiger partial charge in [0.2, 0.25) is 5.91 Å². The van der Waals surface area contributed by atoms with Crippen LogP contribution in [0.15, 0.2) is 65.7 Å². The van der Waals surface area contributed by atoms with E-state index >= 15 is 0 Å². The number of halogens is 1. The Balaban J connectivity index is 1.64. The first-order chi connectivity index (χ1) is 20.6. The minimum Gasteiger partial charge on any atom is -0.355 e. The molecular formula is C31H31FN8O3. The predicted molar refractivity (Wildman–Crippen MR) is 162 cm³/mol. The van der Waals surface area contributed by atoms with Crippen LogP contribution < -0.4 is 21.5 Å². The van der Waals surface area contributed by atoms with Crippen LogP contribution in [0.5, 0.6) is 0 Å². The summed E-state index contributed by atoms with van der Waals surface area (Å²) in [6.07, 6.45) is 3.18. The third kappa shape index (κ3) is 5.90. The molecule has 3 aromatic heterocycles. The zero-order valence-corrected chi connectivity index (χ0v) is 24.4. The van der Waals surface area contributed by atoms with Gasteiger partial charge in [-0.05, 0) is 63.7 Å². The van der Waals surface area contributed by atoms with Crippen LogP contribution in [0.25, 0.3) is 28.1 Å². The number of nitrogens with zero attached hydrogens (tertiary/aromatic N) is 5. The smallest absolute Gasteiger partial charge is 0.277 e. The van der Waals surface area contributed by atoms with Crippen molar-refractivity contribution in [2.24, 2.45) is 0 Å². The summed E-state index contributed by atoms with van der Waals surface area (Å²) in [5.74, 6) is 0.281. The molecule has 2 amide bonds. The van der Waals surface area contributed by atoms with Gasteiger partial charge in [-0.25, -0.2) is 19.3 Å². The molecule has 0 radical (unpaired) electrons. The van der Waals surface area contributed by atoms with E-state index in [9.17, 15) is 18.8 Å². The monoisotopic (exact) mass is 582 g/mol. The highest BCUT2D eigenvalue weighted by molar-refractivity contribution is 5.95. The predicted octanol–water partition coefficient (Wildman–Crippen LogP) is 3.35. The SMILES string of the molecule is CNC(=O)c1cccc(-c2ncc(NC(=O)[C@H](C)NC)c(=O)n2Cc2cc(-n3cc(C)c4cc(F)ccc43)nc(C)n2)c1. The number of carbonyl (C=O) groups excluding carboxylic acids is 2. The fourth-order valence-electron chi connectivity index (χ4n) is 4.81. The summed E-state index contributed by atoms with van der Waals surface area (Å²) in [6.45, 7) is 5.30. The van der Waals surface area contributed by atoms with Gasteiger partial charge in [-0.15, -0.1) is 0 Å². The molecule has 3 N–H and O–H groups in total. The van der Waals surface area contributed by atoms with Crippen molar-refractivity contribution in [3.63, 3.8) is 0 Å². The molecule has 3 heterocycles. The van der Waals surface area contributed by atoms with Crippen molar-refractivity contribution in [3.05, 3.63) is 99.7 Å². The van der Waals surface area contributed by atoms with Gasteiger partial charge in [-0.2, -0.15) is 0 Å². The van der Waals surface area contributed by atoms with Crippen LogP contribution in [0.4, 0.5) is 10.1 Å². The molecular weight excluding hydrogens is 551 g/mol. The molecule has 5 aromatic rings. The summed E-state index contributed by atoms with van der Waals surface area (Å²) in [5, 5.41) is 8.85. The Kier molecular flexibility index (Phi) is 8.13. The molecule has 0 saturated carbocycles. The van der Waals surface area contributed by atoms with Gasteiger partial charge in [0, 0.05) is 35.8 Å². The molecule has 0 saturated heterocycles. The fraction of sp³-hybridized carbons (Fsp3) is 0.226. The number of hydrogen-bond acceptors (Lipinski definition) is 7. The first-order valence-electron chi connectivity index (χ1n) is 13.6. The van der Waals surface area contributed by atoms with E-state index in [1.165, 1.54) is 29.9 Å². The lowest BCUT2D eigenvalue weighted by Crippen LogP contribution is -2.38. The molecule has 11 nitrogen and oxygen atoms in total. The molecule has 0 aliphatic heterocycles. The van der Waals surface area contributed by atoms with E-state index in [2.05, 4.69) is 30.9 Å². The minimum atomic E-state index is -0.544. The number of hydrogen-bond donors (Lipinski definition) is 3. The van der Waals surface area contributed by atoms with Crippen molar-refractivity contribution in [2.75, 3.05) is 19.4 Å². The number of anilines is 1. The lowest BCUT2D eigenvalue weighted by molar-refractivity contribution is -0.117. The Morgan fingerprint density at radius 2 is 1.84 bits per heavy atom. The van der Waals surface area contributed by atoms with Gasteiger partial charge < -0.3 is 20.5 Å². The highest BCUT2D eigenvalue weighted by atomic mass is 19.1. The van der Waals surface area contributed by atoms with Crippen molar-refractivity contribution in [1.29, 1.82) is 0 Å². The molecule has 0 fully saturated rings. The van der Waals surface area contributed by atoms with Crippen molar-refractivity contribution in [2.45, 2.75) is 33.4 Å². The quantitative estimate of drug-likeness (QED) is 0.255. The molecule has 0 bridgehead atoms. The number of carbonyl (C=O) groups is 2. The topological polar surface area (TPSA) is 136 Å². The Bertz CT molecular complexity index is 1930. The van der Waals surface area contributed by atoms with Gasteiger partial charge >= 0.3 is 0 Å². The number of fused-ring (bicyclic) bond motifs is 1. The Morgan fingerprint density at radius 1 is 1.05 bits per heavy atom. The molecule has 0 aliphatic rings. The van der Waals surface area contributed by atoms with Crippen LogP contribution in [0.1, 0.15) is 34.4 Å². The van der Waals surface area contributed by atoms with Crippen LogP contribution in [-0.2, 0) is 11.3 Å². The van der Waals surface area contributed by atoms with Crippen molar-refractivity contribution < 1.29 is 14.0 Å². The molecule has 2 aromatic carbocycles. The Labute approximate surface area is 246 Å². The van der Waals surface area contributed by atoms with Crippen LogP contribution >= 0.6 is 0 Å². The van der Waals surface area contributed by atoms with E-state index in [4.69, 9.17) is 0 Å². The number of benzene rings is 2. The average Bonchev–Trinajstić information content (AvgIpc) is 3.33. The average molecular weight is 583 g/mol. The van der Waals surface area contributed by atoms with Crippen LogP contribution in [0.3, 0.4) is 0 Å². The van der Waals surface area contributed by atoms with Crippen molar-refractivity contribution in [1.82, 2.24) is 34.7 Å². The zero-order chi connectivity index (χ0) is 30.8. The Morgan fingerprint density at radius 3 is 2.58 bits per heavy atom. The third-order valence-corrected chi connectivity index (χ3v) is 7.15. The van der Waals surface area contributed by atoms with Crippen LogP contribution in [0.2, 0.25) is 0 Å². The second-order valence-corrected chi connectivity index (χ2v) is 10.2. The van der Waals surface area contributed by atoms with Crippen LogP contribution in [-0.4, -0.2) is 56.0 Å². The number of aromatic nitrogens is 5. The number of likely N-dealkylation sites (N-methyl/N-ethyl adjacent to an activating group) is 1. The molecule has 0 spiro atoms. The fourth-order valence-corrected chi connectivity index (χ4v) is 4.81. The molecule has 220 valence electrons. The standard InChI is InChI=1S/C31H31FN8O3/c1-17-15-39(26-10-9-22(32)12-24(17)26)27-13-23(36-19(3)37-27)16-40-28(20-7-6-8-21(11-20)30(42)34-5)35-14-25(31(40)43)38-29(41)18(2)33-4/h6-15,18,33H,16H2,1-5H3,(H,34,42)(H,38,41)/t18-/m0/s1. The summed E-state index contributed by atoms with van der Waals surface area (Å²) < 4.78 is 17.2. The first-order valence-corrected chi connectivity index (χ1v) is 13.6. The number of nitrogens with one attached hydrogen (secondary N) is 3. The lowest BCUT2D eigenvalue weighted by Gasteiger charge is -2.16. The molecule has 1 atom stereocenters. The summed E-state index contributed by atoms with van der Waals surface area (Å²) in [4.78, 5) is 52.5. The summed E-state index contributed by atoms with van der Waals surface area (Å²) >= 11 is 0. The molecule has 0 unspecified atom stereocenters. The second-order valence-electron chi connectivity index (χ2n) is 10.2. The Hall–Kier alpha value is -5.23. The summed E-state index contributed by atoms with van der Waals surface area (Å²) in [5.41, 5.74) is 2.58. The number of aryl methyl sites for hydroxylation is 2. The van der Waals surface area contributed by atoms with E-state index in [1.807, 2.05) is 17.7 Å². The lowest BCUT2D eigenvalue weighted by atomic mass is 10.1. The molecule has 12 heteroatoms. The van der Waals surface area contributed by atoms with Crippen molar-refractivity contribution >= 4 is 28.4 Å². The van der Waals surface area contributed by atoms with Gasteiger partial charge in [0.15, 0.2) is 0 Å². The maximum Gasteiger partial charge on any atom is 0.277 e. The minimum absolute atomic E-state index is 0.00152. The molecule has 0 aliphatic carbocycles. The number of amides is 2.